The largest absolute Gasteiger partial charge is 0.486 e. The van der Waals surface area contributed by atoms with Gasteiger partial charge in [-0.3, -0.25) is 0 Å². The first-order valence-corrected chi connectivity index (χ1v) is 9.69. The molecule has 0 spiro atoms. The topological polar surface area (TPSA) is 54.9 Å². The Kier molecular flexibility index (Phi) is 6.42. The predicted octanol–water partition coefficient (Wildman–Crippen LogP) is 3.47. The average molecular weight is 380 g/mol. The first kappa shape index (κ1) is 17.9. The van der Waals surface area contributed by atoms with E-state index >= 15 is 0 Å². The Hall–Kier alpha value is -1.92. The highest BCUT2D eigenvalue weighted by Gasteiger charge is 2.16. The Bertz CT molecular complexity index is 719. The van der Waals surface area contributed by atoms with Crippen molar-refractivity contribution in [2.75, 3.05) is 26.3 Å². The minimum absolute atomic E-state index is 0.542. The van der Waals surface area contributed by atoms with Crippen molar-refractivity contribution in [3.8, 4) is 11.5 Å². The summed E-state index contributed by atoms with van der Waals surface area (Å²) in [6, 6.07) is 6.03. The van der Waals surface area contributed by atoms with Gasteiger partial charge < -0.3 is 20.1 Å². The lowest BCUT2D eigenvalue weighted by Gasteiger charge is -2.20. The van der Waals surface area contributed by atoms with Crippen LogP contribution < -0.4 is 20.1 Å². The van der Waals surface area contributed by atoms with E-state index in [-0.39, 0.29) is 0 Å². The van der Waals surface area contributed by atoms with Gasteiger partial charge in [-0.05, 0) is 53.4 Å². The highest BCUT2D eigenvalue weighted by atomic mass is 35.5. The number of nitrogens with zero attached hydrogens (tertiary/aromatic N) is 1. The zero-order valence-electron chi connectivity index (χ0n) is 14.2. The molecule has 7 heteroatoms. The van der Waals surface area contributed by atoms with Gasteiger partial charge in [0, 0.05) is 13.1 Å². The van der Waals surface area contributed by atoms with E-state index in [9.17, 15) is 0 Å². The smallest absolute Gasteiger partial charge is 0.191 e. The molecule has 2 aromatic rings. The molecule has 5 nitrogen and oxygen atoms in total. The molecule has 1 aromatic heterocycles. The van der Waals surface area contributed by atoms with E-state index in [0.29, 0.717) is 30.5 Å². The summed E-state index contributed by atoms with van der Waals surface area (Å²) in [5, 5.41) is 11.4. The standard InChI is InChI=1S/C18H22ClN3O2S/c1-2-20-18(22-11-14-4-8-25-12-14)21-5-3-13-9-15(19)17-16(10-13)23-6-7-24-17/h4,8-10,12H,2-3,5-7,11H2,1H3,(H2,20,21,22). The van der Waals surface area contributed by atoms with E-state index in [1.165, 1.54) is 5.56 Å². The van der Waals surface area contributed by atoms with Crippen molar-refractivity contribution in [1.29, 1.82) is 0 Å². The first-order chi connectivity index (χ1) is 12.3. The number of hydrogen-bond acceptors (Lipinski definition) is 4. The molecule has 0 aliphatic carbocycles. The predicted molar refractivity (Wildman–Crippen MR) is 103 cm³/mol. The van der Waals surface area contributed by atoms with Gasteiger partial charge in [0.05, 0.1) is 11.6 Å². The van der Waals surface area contributed by atoms with E-state index in [1.807, 2.05) is 12.1 Å². The van der Waals surface area contributed by atoms with Gasteiger partial charge in [-0.25, -0.2) is 4.99 Å². The zero-order valence-corrected chi connectivity index (χ0v) is 15.8. The normalized spacial score (nSPS) is 13.6. The number of hydrogen-bond donors (Lipinski definition) is 2. The fourth-order valence-electron chi connectivity index (χ4n) is 2.53. The zero-order chi connectivity index (χ0) is 17.5. The molecule has 0 amide bonds. The molecule has 25 heavy (non-hydrogen) atoms. The van der Waals surface area contributed by atoms with E-state index in [2.05, 4.69) is 39.4 Å². The van der Waals surface area contributed by atoms with Crippen molar-refractivity contribution in [3.63, 3.8) is 0 Å². The van der Waals surface area contributed by atoms with Gasteiger partial charge in [0.1, 0.15) is 13.2 Å². The van der Waals surface area contributed by atoms with Crippen LogP contribution >= 0.6 is 22.9 Å². The van der Waals surface area contributed by atoms with Gasteiger partial charge in [-0.1, -0.05) is 11.6 Å². The maximum atomic E-state index is 6.28. The summed E-state index contributed by atoms with van der Waals surface area (Å²) in [5.41, 5.74) is 2.33. The van der Waals surface area contributed by atoms with E-state index < -0.39 is 0 Å². The summed E-state index contributed by atoms with van der Waals surface area (Å²) >= 11 is 7.97. The number of ether oxygens (including phenoxy) is 2. The van der Waals surface area contributed by atoms with Crippen LogP contribution in [0.25, 0.3) is 0 Å². The fourth-order valence-corrected chi connectivity index (χ4v) is 3.48. The van der Waals surface area contributed by atoms with E-state index in [1.54, 1.807) is 11.3 Å². The van der Waals surface area contributed by atoms with Gasteiger partial charge in [0.15, 0.2) is 17.5 Å². The Morgan fingerprint density at radius 2 is 2.12 bits per heavy atom. The molecular formula is C18H22ClN3O2S. The highest BCUT2D eigenvalue weighted by molar-refractivity contribution is 7.07. The van der Waals surface area contributed by atoms with Crippen LogP contribution in [0.15, 0.2) is 34.0 Å². The van der Waals surface area contributed by atoms with Crippen LogP contribution in [0.5, 0.6) is 11.5 Å². The Morgan fingerprint density at radius 1 is 1.24 bits per heavy atom. The van der Waals surface area contributed by atoms with Crippen LogP contribution in [-0.2, 0) is 13.0 Å². The Balaban J connectivity index is 1.56. The third-order valence-corrected chi connectivity index (χ3v) is 4.72. The summed E-state index contributed by atoms with van der Waals surface area (Å²) < 4.78 is 11.2. The molecule has 0 bridgehead atoms. The molecule has 0 radical (unpaired) electrons. The van der Waals surface area contributed by atoms with Crippen LogP contribution in [0.2, 0.25) is 5.02 Å². The van der Waals surface area contributed by atoms with Crippen LogP contribution in [0, 0.1) is 0 Å². The monoisotopic (exact) mass is 379 g/mol. The maximum absolute atomic E-state index is 6.28. The van der Waals surface area contributed by atoms with E-state index in [4.69, 9.17) is 21.1 Å². The molecular weight excluding hydrogens is 358 g/mol. The number of benzene rings is 1. The van der Waals surface area contributed by atoms with Crippen molar-refractivity contribution in [2.45, 2.75) is 19.9 Å². The molecule has 0 atom stereocenters. The number of thiophene rings is 1. The highest BCUT2D eigenvalue weighted by Crippen LogP contribution is 2.38. The summed E-state index contributed by atoms with van der Waals surface area (Å²) in [4.78, 5) is 4.61. The fraction of sp³-hybridized carbons (Fsp3) is 0.389. The summed E-state index contributed by atoms with van der Waals surface area (Å²) in [6.45, 7) is 5.42. The van der Waals surface area contributed by atoms with Crippen LogP contribution in [0.3, 0.4) is 0 Å². The first-order valence-electron chi connectivity index (χ1n) is 8.37. The summed E-state index contributed by atoms with van der Waals surface area (Å²) in [7, 11) is 0. The van der Waals surface area contributed by atoms with Gasteiger partial charge in [0.2, 0.25) is 0 Å². The lowest BCUT2D eigenvalue weighted by molar-refractivity contribution is 0.171. The average Bonchev–Trinajstić information content (AvgIpc) is 3.13. The van der Waals surface area contributed by atoms with Gasteiger partial charge >= 0.3 is 0 Å². The minimum Gasteiger partial charge on any atom is -0.486 e. The number of guanidine groups is 1. The molecule has 2 N–H and O–H groups in total. The van der Waals surface area contributed by atoms with Gasteiger partial charge in [-0.2, -0.15) is 11.3 Å². The third kappa shape index (κ3) is 5.03. The summed E-state index contributed by atoms with van der Waals surface area (Å²) in [6.07, 6.45) is 0.819. The third-order valence-electron chi connectivity index (χ3n) is 3.71. The maximum Gasteiger partial charge on any atom is 0.191 e. The lowest BCUT2D eigenvalue weighted by atomic mass is 10.1. The van der Waals surface area contributed by atoms with Gasteiger partial charge in [-0.15, -0.1) is 0 Å². The number of rotatable bonds is 6. The molecule has 0 unspecified atom stereocenters. The molecule has 1 aromatic carbocycles. The molecule has 3 rings (SSSR count). The molecule has 1 aliphatic rings. The van der Waals surface area contributed by atoms with Crippen LogP contribution in [-0.4, -0.2) is 32.3 Å². The SMILES string of the molecule is CCNC(=NCc1ccsc1)NCCc1cc(Cl)c2c(c1)OCCO2. The van der Waals surface area contributed by atoms with E-state index in [0.717, 1.165) is 36.8 Å². The second kappa shape index (κ2) is 8.97. The van der Waals surface area contributed by atoms with Crippen LogP contribution in [0.1, 0.15) is 18.1 Å². The van der Waals surface area contributed by atoms with Gasteiger partial charge in [0.25, 0.3) is 0 Å². The van der Waals surface area contributed by atoms with Crippen molar-refractivity contribution in [2.24, 2.45) is 4.99 Å². The van der Waals surface area contributed by atoms with Crippen molar-refractivity contribution < 1.29 is 9.47 Å². The molecule has 0 saturated heterocycles. The quantitative estimate of drug-likeness (QED) is 0.596. The second-order valence-electron chi connectivity index (χ2n) is 5.61. The number of halogens is 1. The molecule has 134 valence electrons. The lowest BCUT2D eigenvalue weighted by Crippen LogP contribution is -2.38. The number of aliphatic imine (C=N–C) groups is 1. The minimum atomic E-state index is 0.542. The second-order valence-corrected chi connectivity index (χ2v) is 6.79. The Labute approximate surface area is 157 Å². The molecule has 1 aliphatic heterocycles. The summed E-state index contributed by atoms with van der Waals surface area (Å²) in [5.74, 6) is 2.19. The van der Waals surface area contributed by atoms with Crippen molar-refractivity contribution in [3.05, 3.63) is 45.1 Å². The Morgan fingerprint density at radius 3 is 2.92 bits per heavy atom. The molecule has 0 saturated carbocycles. The molecule has 0 fully saturated rings. The van der Waals surface area contributed by atoms with Crippen molar-refractivity contribution in [1.82, 2.24) is 10.6 Å². The van der Waals surface area contributed by atoms with Crippen LogP contribution in [0.4, 0.5) is 0 Å². The van der Waals surface area contributed by atoms with Crippen molar-refractivity contribution >= 4 is 28.9 Å². The number of nitrogens with one attached hydrogen (secondary N) is 2. The molecule has 2 heterocycles. The number of fused-ring (bicyclic) bond motifs is 1.